The van der Waals surface area contributed by atoms with Crippen LogP contribution in [0.5, 0.6) is 0 Å². The summed E-state index contributed by atoms with van der Waals surface area (Å²) in [5, 5.41) is 14.6. The Kier molecular flexibility index (Phi) is 4.47. The number of hydrogen-bond acceptors (Lipinski definition) is 6. The molecule has 29 heavy (non-hydrogen) atoms. The molecule has 1 heterocycles. The molecule has 4 rings (SSSR count). The summed E-state index contributed by atoms with van der Waals surface area (Å²) in [6.45, 7) is 0.0371. The third-order valence-corrected chi connectivity index (χ3v) is 4.70. The summed E-state index contributed by atoms with van der Waals surface area (Å²) < 4.78 is 9.89. The first-order chi connectivity index (χ1) is 14.0. The smallest absolute Gasteiger partial charge is 0.412 e. The monoisotopic (exact) mass is 393 g/mol. The van der Waals surface area contributed by atoms with E-state index in [0.717, 1.165) is 22.3 Å². The molecule has 0 unspecified atom stereocenters. The summed E-state index contributed by atoms with van der Waals surface area (Å²) in [7, 11) is 0. The van der Waals surface area contributed by atoms with Crippen molar-refractivity contribution in [1.29, 1.82) is 0 Å². The first kappa shape index (κ1) is 18.2. The quantitative estimate of drug-likeness (QED) is 0.604. The number of amides is 2. The second-order valence-corrected chi connectivity index (χ2v) is 6.36. The molecule has 0 saturated carbocycles. The molecule has 0 spiro atoms. The van der Waals surface area contributed by atoms with Crippen LogP contribution in [0.25, 0.3) is 11.1 Å². The molecular weight excluding hydrogens is 378 g/mol. The van der Waals surface area contributed by atoms with Gasteiger partial charge in [0.25, 0.3) is 11.7 Å². The van der Waals surface area contributed by atoms with Crippen molar-refractivity contribution >= 4 is 23.8 Å². The van der Waals surface area contributed by atoms with Crippen LogP contribution in [0, 0.1) is 0 Å². The van der Waals surface area contributed by atoms with Gasteiger partial charge in [-0.3, -0.25) is 10.1 Å². The highest BCUT2D eigenvalue weighted by atomic mass is 16.5. The molecule has 146 valence electrons. The molecule has 0 fully saturated rings. The number of carbonyl (C=O) groups is 3. The van der Waals surface area contributed by atoms with Gasteiger partial charge in [0.2, 0.25) is 0 Å². The van der Waals surface area contributed by atoms with Gasteiger partial charge >= 0.3 is 12.1 Å². The Bertz CT molecular complexity index is 1090. The highest BCUT2D eigenvalue weighted by Gasteiger charge is 2.30. The molecule has 1 aromatic heterocycles. The van der Waals surface area contributed by atoms with E-state index in [0.29, 0.717) is 0 Å². The Morgan fingerprint density at radius 1 is 1.07 bits per heavy atom. The number of hydrogen-bond donors (Lipinski definition) is 3. The Labute approximate surface area is 164 Å². The van der Waals surface area contributed by atoms with E-state index in [-0.39, 0.29) is 12.5 Å². The number of nitrogens with one attached hydrogen (secondary N) is 1. The number of carboxylic acids is 1. The molecule has 3 aromatic rings. The molecule has 0 saturated heterocycles. The van der Waals surface area contributed by atoms with E-state index in [1.807, 2.05) is 48.5 Å². The van der Waals surface area contributed by atoms with E-state index < -0.39 is 35.1 Å². The fraction of sp³-hybridized carbons (Fsp3) is 0.100. The molecule has 1 aliphatic rings. The summed E-state index contributed by atoms with van der Waals surface area (Å²) in [6.07, 6.45) is -0.917. The lowest BCUT2D eigenvalue weighted by Gasteiger charge is -2.14. The highest BCUT2D eigenvalue weighted by Crippen LogP contribution is 2.44. The minimum absolute atomic E-state index is 0.0371. The van der Waals surface area contributed by atoms with E-state index in [4.69, 9.17) is 15.6 Å². The van der Waals surface area contributed by atoms with Crippen molar-refractivity contribution in [2.24, 2.45) is 5.73 Å². The van der Waals surface area contributed by atoms with Gasteiger partial charge in [-0.2, -0.15) is 0 Å². The number of rotatable bonds is 5. The number of nitrogens with two attached hydrogens (primary N) is 1. The van der Waals surface area contributed by atoms with E-state index >= 15 is 0 Å². The van der Waals surface area contributed by atoms with Crippen molar-refractivity contribution < 1.29 is 28.8 Å². The van der Waals surface area contributed by atoms with Gasteiger partial charge in [-0.25, -0.2) is 9.59 Å². The third kappa shape index (κ3) is 3.18. The molecule has 0 aliphatic heterocycles. The summed E-state index contributed by atoms with van der Waals surface area (Å²) in [5.41, 5.74) is 8.85. The molecule has 0 atom stereocenters. The molecule has 4 N–H and O–H groups in total. The van der Waals surface area contributed by atoms with Crippen molar-refractivity contribution in [3.8, 4) is 11.1 Å². The van der Waals surface area contributed by atoms with Gasteiger partial charge in [0.05, 0.1) is 0 Å². The van der Waals surface area contributed by atoms with E-state index in [1.165, 1.54) is 0 Å². The number of aromatic carboxylic acids is 1. The predicted octanol–water partition coefficient (Wildman–Crippen LogP) is 2.83. The molecule has 2 amide bonds. The van der Waals surface area contributed by atoms with Crippen LogP contribution in [-0.2, 0) is 4.74 Å². The molecular formula is C20H15N3O6. The fourth-order valence-electron chi connectivity index (χ4n) is 3.48. The number of anilines is 1. The van der Waals surface area contributed by atoms with Crippen LogP contribution >= 0.6 is 0 Å². The Balaban J connectivity index is 1.52. The lowest BCUT2D eigenvalue weighted by Crippen LogP contribution is -2.21. The first-order valence-electron chi connectivity index (χ1n) is 8.62. The van der Waals surface area contributed by atoms with Crippen LogP contribution in [0.3, 0.4) is 0 Å². The van der Waals surface area contributed by atoms with Crippen molar-refractivity contribution in [3.05, 3.63) is 71.0 Å². The number of fused-ring (bicyclic) bond motifs is 3. The maximum atomic E-state index is 12.2. The largest absolute Gasteiger partial charge is 0.475 e. The van der Waals surface area contributed by atoms with Gasteiger partial charge in [0.1, 0.15) is 12.2 Å². The minimum atomic E-state index is -1.54. The van der Waals surface area contributed by atoms with Gasteiger partial charge in [0.15, 0.2) is 5.82 Å². The van der Waals surface area contributed by atoms with Gasteiger partial charge in [0, 0.05) is 5.92 Å². The number of primary amides is 1. The number of aromatic nitrogens is 1. The molecule has 1 aliphatic carbocycles. The summed E-state index contributed by atoms with van der Waals surface area (Å²) in [4.78, 5) is 34.8. The van der Waals surface area contributed by atoms with Gasteiger partial charge in [-0.05, 0) is 22.3 Å². The molecule has 9 heteroatoms. The Morgan fingerprint density at radius 3 is 2.21 bits per heavy atom. The third-order valence-electron chi connectivity index (χ3n) is 4.70. The first-order valence-corrected chi connectivity index (χ1v) is 8.62. The van der Waals surface area contributed by atoms with Crippen molar-refractivity contribution in [3.63, 3.8) is 0 Å². The molecule has 2 aromatic carbocycles. The maximum Gasteiger partial charge on any atom is 0.412 e. The van der Waals surface area contributed by atoms with Gasteiger partial charge in [-0.1, -0.05) is 53.7 Å². The Hall–Kier alpha value is -4.14. The minimum Gasteiger partial charge on any atom is -0.475 e. The van der Waals surface area contributed by atoms with Crippen LogP contribution < -0.4 is 11.1 Å². The summed E-state index contributed by atoms with van der Waals surface area (Å²) in [6, 6.07) is 15.7. The zero-order chi connectivity index (χ0) is 20.5. The average Bonchev–Trinajstić information content (AvgIpc) is 3.26. The lowest BCUT2D eigenvalue weighted by molar-refractivity contribution is 0.0646. The second kappa shape index (κ2) is 7.12. The maximum absolute atomic E-state index is 12.2. The van der Waals surface area contributed by atoms with Crippen LogP contribution in [0.2, 0.25) is 0 Å². The van der Waals surface area contributed by atoms with Gasteiger partial charge < -0.3 is 20.1 Å². The van der Waals surface area contributed by atoms with Crippen LogP contribution in [0.1, 0.15) is 38.0 Å². The summed E-state index contributed by atoms with van der Waals surface area (Å²) in [5.74, 6) is -3.96. The Morgan fingerprint density at radius 2 is 1.66 bits per heavy atom. The zero-order valence-electron chi connectivity index (χ0n) is 14.9. The van der Waals surface area contributed by atoms with Crippen LogP contribution in [-0.4, -0.2) is 34.8 Å². The molecule has 0 bridgehead atoms. The second-order valence-electron chi connectivity index (χ2n) is 6.36. The molecule has 9 nitrogen and oxygen atoms in total. The number of ether oxygens (including phenoxy) is 1. The number of benzene rings is 2. The van der Waals surface area contributed by atoms with E-state index in [1.54, 1.807) is 0 Å². The zero-order valence-corrected chi connectivity index (χ0v) is 14.9. The molecule has 0 radical (unpaired) electrons. The summed E-state index contributed by atoms with van der Waals surface area (Å²) >= 11 is 0. The van der Waals surface area contributed by atoms with Crippen LogP contribution in [0.4, 0.5) is 10.6 Å². The number of nitrogens with zero attached hydrogens (tertiary/aromatic N) is 1. The van der Waals surface area contributed by atoms with Crippen molar-refractivity contribution in [1.82, 2.24) is 5.16 Å². The highest BCUT2D eigenvalue weighted by molar-refractivity contribution is 6.07. The van der Waals surface area contributed by atoms with Gasteiger partial charge in [-0.15, -0.1) is 0 Å². The SMILES string of the molecule is NC(=O)c1c(NC(=O)OCC2c3ccccc3-c3ccccc32)noc1C(=O)O. The van der Waals surface area contributed by atoms with E-state index in [2.05, 4.69) is 15.0 Å². The number of carboxylic acid groups (broad SMARTS) is 1. The van der Waals surface area contributed by atoms with Crippen LogP contribution in [0.15, 0.2) is 53.1 Å². The fourth-order valence-corrected chi connectivity index (χ4v) is 3.48. The standard InChI is InChI=1S/C20H15N3O6/c21-17(24)15-16(19(25)26)29-23-18(15)22-20(27)28-9-14-12-7-3-1-5-10(12)11-6-2-4-8-13(11)14/h1-8,14H,9H2,(H2,21,24)(H,25,26)(H,22,23,27). The normalized spacial score (nSPS) is 12.1. The van der Waals surface area contributed by atoms with Crippen molar-refractivity contribution in [2.75, 3.05) is 11.9 Å². The number of carbonyl (C=O) groups excluding carboxylic acids is 2. The topological polar surface area (TPSA) is 145 Å². The lowest BCUT2D eigenvalue weighted by atomic mass is 9.98. The van der Waals surface area contributed by atoms with E-state index in [9.17, 15) is 14.4 Å². The predicted molar refractivity (Wildman–Crippen MR) is 101 cm³/mol. The average molecular weight is 393 g/mol. The van der Waals surface area contributed by atoms with Crippen molar-refractivity contribution in [2.45, 2.75) is 5.92 Å².